The van der Waals surface area contributed by atoms with Gasteiger partial charge in [-0.2, -0.15) is 4.98 Å². The summed E-state index contributed by atoms with van der Waals surface area (Å²) in [6.07, 6.45) is -0.174. The van der Waals surface area contributed by atoms with E-state index in [2.05, 4.69) is 44.0 Å². The van der Waals surface area contributed by atoms with E-state index >= 15 is 0 Å². The number of carbonyl (C=O) groups excluding carboxylic acids is 1. The van der Waals surface area contributed by atoms with Crippen LogP contribution in [0.1, 0.15) is 29.1 Å². The Kier molecular flexibility index (Phi) is 5.61. The highest BCUT2D eigenvalue weighted by Crippen LogP contribution is 2.37. The minimum Gasteiger partial charge on any atom is -0.459 e. The van der Waals surface area contributed by atoms with Crippen LogP contribution in [-0.2, 0) is 4.74 Å². The van der Waals surface area contributed by atoms with Crippen molar-refractivity contribution in [1.82, 2.24) is 9.97 Å². The number of esters is 1. The first kappa shape index (κ1) is 19.9. The van der Waals surface area contributed by atoms with Gasteiger partial charge in [-0.15, -0.1) is 11.3 Å². The molecule has 4 rings (SSSR count). The predicted octanol–water partition coefficient (Wildman–Crippen LogP) is 4.54. The largest absolute Gasteiger partial charge is 0.459 e. The zero-order valence-corrected chi connectivity index (χ0v) is 18.3. The first-order valence-corrected chi connectivity index (χ1v) is 10.9. The molecule has 1 aromatic carbocycles. The van der Waals surface area contributed by atoms with Gasteiger partial charge in [0.05, 0.1) is 11.5 Å². The normalized spacial score (nSPS) is 14.7. The van der Waals surface area contributed by atoms with Crippen molar-refractivity contribution < 1.29 is 9.53 Å². The van der Waals surface area contributed by atoms with E-state index < -0.39 is 0 Å². The van der Waals surface area contributed by atoms with Gasteiger partial charge in [0.15, 0.2) is 0 Å². The number of fused-ring (bicyclic) bond motifs is 1. The quantitative estimate of drug-likeness (QED) is 0.447. The van der Waals surface area contributed by atoms with Crippen molar-refractivity contribution in [2.45, 2.75) is 26.9 Å². The van der Waals surface area contributed by atoms with Crippen LogP contribution in [0.5, 0.6) is 0 Å². The number of aromatic nitrogens is 2. The molecule has 3 aromatic rings. The van der Waals surface area contributed by atoms with Gasteiger partial charge in [0.25, 0.3) is 0 Å². The van der Waals surface area contributed by atoms with Crippen molar-refractivity contribution in [2.24, 2.45) is 0 Å². The second kappa shape index (κ2) is 8.16. The van der Waals surface area contributed by atoms with Crippen LogP contribution in [0.3, 0.4) is 0 Å². The molecule has 1 saturated heterocycles. The highest BCUT2D eigenvalue weighted by molar-refractivity contribution is 7.20. The number of halogens is 1. The second-order valence-corrected chi connectivity index (χ2v) is 8.65. The van der Waals surface area contributed by atoms with Crippen molar-refractivity contribution >= 4 is 50.6 Å². The lowest BCUT2D eigenvalue weighted by atomic mass is 10.1. The minimum atomic E-state index is -0.323. The van der Waals surface area contributed by atoms with Gasteiger partial charge in [-0.1, -0.05) is 18.2 Å². The van der Waals surface area contributed by atoms with Crippen LogP contribution in [0.4, 0.5) is 11.5 Å². The van der Waals surface area contributed by atoms with Gasteiger partial charge in [0, 0.05) is 31.9 Å². The van der Waals surface area contributed by atoms with Gasteiger partial charge in [-0.3, -0.25) is 0 Å². The number of nitrogens with zero attached hydrogens (tertiary/aromatic N) is 4. The number of anilines is 2. The van der Waals surface area contributed by atoms with Gasteiger partial charge in [0.2, 0.25) is 5.28 Å². The molecular weight excluding hydrogens is 408 g/mol. The SMILES string of the molecule is Cc1c(C(=O)OC(C)C)sc2nc(Cl)nc(N3CCN(c4ccccc4)CC3)c12. The summed E-state index contributed by atoms with van der Waals surface area (Å²) in [5.41, 5.74) is 2.08. The molecule has 8 heteroatoms. The van der Waals surface area contributed by atoms with E-state index in [1.807, 2.05) is 26.8 Å². The number of benzene rings is 1. The molecule has 29 heavy (non-hydrogen) atoms. The molecule has 1 aliphatic heterocycles. The number of thiophene rings is 1. The van der Waals surface area contributed by atoms with Gasteiger partial charge < -0.3 is 14.5 Å². The Balaban J connectivity index is 1.64. The topological polar surface area (TPSA) is 58.6 Å². The molecule has 1 fully saturated rings. The molecule has 0 saturated carbocycles. The Hall–Kier alpha value is -2.38. The highest BCUT2D eigenvalue weighted by Gasteiger charge is 2.26. The zero-order valence-electron chi connectivity index (χ0n) is 16.7. The molecule has 0 amide bonds. The van der Waals surface area contributed by atoms with E-state index in [4.69, 9.17) is 16.3 Å². The summed E-state index contributed by atoms with van der Waals surface area (Å²) in [5, 5.41) is 1.09. The lowest BCUT2D eigenvalue weighted by Crippen LogP contribution is -2.47. The van der Waals surface area contributed by atoms with Crippen LogP contribution in [0.25, 0.3) is 10.2 Å². The van der Waals surface area contributed by atoms with Gasteiger partial charge in [0.1, 0.15) is 15.5 Å². The fourth-order valence-corrected chi connectivity index (χ4v) is 4.87. The Labute approximate surface area is 179 Å². The molecule has 0 bridgehead atoms. The summed E-state index contributed by atoms with van der Waals surface area (Å²) in [7, 11) is 0. The lowest BCUT2D eigenvalue weighted by molar-refractivity contribution is 0.0383. The maximum absolute atomic E-state index is 12.5. The molecule has 3 heterocycles. The standard InChI is InChI=1S/C21H23ClN4O2S/c1-13(2)28-20(27)17-14(3)16-18(23-21(22)24-19(16)29-17)26-11-9-25(10-12-26)15-7-5-4-6-8-15/h4-8,13H,9-12H2,1-3H3. The number of hydrogen-bond acceptors (Lipinski definition) is 7. The summed E-state index contributed by atoms with van der Waals surface area (Å²) in [5.74, 6) is 0.474. The number of aryl methyl sites for hydroxylation is 1. The third-order valence-electron chi connectivity index (χ3n) is 4.97. The maximum Gasteiger partial charge on any atom is 0.348 e. The summed E-state index contributed by atoms with van der Waals surface area (Å²) in [6.45, 7) is 9.02. The molecule has 0 radical (unpaired) electrons. The summed E-state index contributed by atoms with van der Waals surface area (Å²) in [4.78, 5) is 27.3. The van der Waals surface area contributed by atoms with E-state index in [9.17, 15) is 4.79 Å². The molecule has 6 nitrogen and oxygen atoms in total. The predicted molar refractivity (Wildman–Crippen MR) is 119 cm³/mol. The Bertz CT molecular complexity index is 1030. The third kappa shape index (κ3) is 4.02. The van der Waals surface area contributed by atoms with E-state index in [0.29, 0.717) is 4.88 Å². The Morgan fingerprint density at radius 2 is 1.76 bits per heavy atom. The number of ether oxygens (including phenoxy) is 1. The lowest BCUT2D eigenvalue weighted by Gasteiger charge is -2.37. The average molecular weight is 431 g/mol. The highest BCUT2D eigenvalue weighted by atomic mass is 35.5. The monoisotopic (exact) mass is 430 g/mol. The van der Waals surface area contributed by atoms with E-state index in [1.165, 1.54) is 17.0 Å². The molecule has 0 aliphatic carbocycles. The summed E-state index contributed by atoms with van der Waals surface area (Å²) < 4.78 is 5.40. The number of rotatable bonds is 4. The molecule has 0 unspecified atom stereocenters. The fourth-order valence-electron chi connectivity index (χ4n) is 3.60. The van der Waals surface area contributed by atoms with Crippen molar-refractivity contribution in [3.05, 3.63) is 46.1 Å². The average Bonchev–Trinajstić information content (AvgIpc) is 3.04. The van der Waals surface area contributed by atoms with Crippen LogP contribution in [0, 0.1) is 6.92 Å². The molecule has 0 spiro atoms. The van der Waals surface area contributed by atoms with Crippen LogP contribution < -0.4 is 9.80 Å². The second-order valence-electron chi connectivity index (χ2n) is 7.32. The maximum atomic E-state index is 12.5. The Morgan fingerprint density at radius 1 is 1.10 bits per heavy atom. The number of hydrogen-bond donors (Lipinski definition) is 0. The fraction of sp³-hybridized carbons (Fsp3) is 0.381. The van der Waals surface area contributed by atoms with Crippen molar-refractivity contribution in [3.8, 4) is 0 Å². The van der Waals surface area contributed by atoms with Crippen molar-refractivity contribution in [1.29, 1.82) is 0 Å². The summed E-state index contributed by atoms with van der Waals surface area (Å²) in [6, 6.07) is 10.4. The molecule has 1 aliphatic rings. The van der Waals surface area contributed by atoms with Crippen LogP contribution in [0.2, 0.25) is 5.28 Å². The molecule has 2 aromatic heterocycles. The van der Waals surface area contributed by atoms with Crippen LogP contribution in [-0.4, -0.2) is 48.2 Å². The number of piperazine rings is 1. The first-order valence-electron chi connectivity index (χ1n) is 9.66. The number of para-hydroxylation sites is 1. The Morgan fingerprint density at radius 3 is 2.41 bits per heavy atom. The van der Waals surface area contributed by atoms with Crippen molar-refractivity contribution in [3.63, 3.8) is 0 Å². The minimum absolute atomic E-state index is 0.174. The van der Waals surface area contributed by atoms with Gasteiger partial charge in [-0.25, -0.2) is 9.78 Å². The summed E-state index contributed by atoms with van der Waals surface area (Å²) >= 11 is 7.54. The number of carbonyl (C=O) groups is 1. The van der Waals surface area contributed by atoms with E-state index in [0.717, 1.165) is 47.8 Å². The van der Waals surface area contributed by atoms with Crippen LogP contribution >= 0.6 is 22.9 Å². The van der Waals surface area contributed by atoms with E-state index in [-0.39, 0.29) is 17.4 Å². The third-order valence-corrected chi connectivity index (χ3v) is 6.31. The first-order chi connectivity index (χ1) is 13.9. The molecule has 152 valence electrons. The smallest absolute Gasteiger partial charge is 0.348 e. The van der Waals surface area contributed by atoms with E-state index in [1.54, 1.807) is 0 Å². The zero-order chi connectivity index (χ0) is 20.5. The molecule has 0 atom stereocenters. The van der Waals surface area contributed by atoms with Gasteiger partial charge in [-0.05, 0) is 50.1 Å². The molecule has 0 N–H and O–H groups in total. The molecular formula is C21H23ClN4O2S. The van der Waals surface area contributed by atoms with Crippen molar-refractivity contribution in [2.75, 3.05) is 36.0 Å². The van der Waals surface area contributed by atoms with Gasteiger partial charge >= 0.3 is 5.97 Å². The van der Waals surface area contributed by atoms with Crippen LogP contribution in [0.15, 0.2) is 30.3 Å².